The Labute approximate surface area is 153 Å². The highest BCUT2D eigenvalue weighted by molar-refractivity contribution is 7.23. The van der Waals surface area contributed by atoms with Gasteiger partial charge >= 0.3 is 0 Å². The van der Waals surface area contributed by atoms with Crippen molar-refractivity contribution in [2.75, 3.05) is 12.4 Å². The van der Waals surface area contributed by atoms with Crippen molar-refractivity contribution in [1.82, 2.24) is 14.4 Å². The Kier molecular flexibility index (Phi) is 3.93. The van der Waals surface area contributed by atoms with Crippen molar-refractivity contribution in [2.24, 2.45) is 0 Å². The minimum absolute atomic E-state index is 0.0618. The molecule has 0 aliphatic carbocycles. The van der Waals surface area contributed by atoms with Crippen LogP contribution in [0.4, 0.5) is 5.69 Å². The van der Waals surface area contributed by atoms with Crippen molar-refractivity contribution in [3.63, 3.8) is 0 Å². The number of Topliss-reactive ketones (excluding diaryl/α,β-unsaturated/α-hetero) is 1. The highest BCUT2D eigenvalue weighted by Crippen LogP contribution is 2.30. The van der Waals surface area contributed by atoms with Crippen LogP contribution in [0.3, 0.4) is 0 Å². The summed E-state index contributed by atoms with van der Waals surface area (Å²) in [7, 11) is 1.66. The van der Waals surface area contributed by atoms with Gasteiger partial charge in [0.1, 0.15) is 17.1 Å². The third kappa shape index (κ3) is 2.82. The fraction of sp³-hybridized carbons (Fsp3) is 0.105. The molecular weight excluding hydrogens is 348 g/mol. The van der Waals surface area contributed by atoms with Gasteiger partial charge in [0, 0.05) is 13.1 Å². The lowest BCUT2D eigenvalue weighted by molar-refractivity contribution is 0.101. The van der Waals surface area contributed by atoms with Gasteiger partial charge in [-0.3, -0.25) is 14.2 Å². The number of ketones is 1. The molecule has 0 saturated carbocycles. The number of imidazole rings is 1. The van der Waals surface area contributed by atoms with E-state index < -0.39 is 0 Å². The van der Waals surface area contributed by atoms with Gasteiger partial charge < -0.3 is 10.1 Å². The summed E-state index contributed by atoms with van der Waals surface area (Å²) in [6.07, 6.45) is 3.56. The standard InChI is InChI=1S/C19H16N4O2S/c1-11(21-13-4-6-15(12(2)24)20-9-13)16-10-23-17-7-5-14(25-3)8-18(17)26-19(23)22-16/h4-10,21H,1H2,2-3H3. The van der Waals surface area contributed by atoms with Gasteiger partial charge in [0.05, 0.1) is 34.9 Å². The molecule has 0 amide bonds. The Balaban J connectivity index is 1.61. The predicted octanol–water partition coefficient (Wildman–Crippen LogP) is 4.24. The zero-order valence-corrected chi connectivity index (χ0v) is 15.1. The van der Waals surface area contributed by atoms with E-state index in [9.17, 15) is 4.79 Å². The summed E-state index contributed by atoms with van der Waals surface area (Å²) in [5.74, 6) is 0.767. The summed E-state index contributed by atoms with van der Waals surface area (Å²) in [5.41, 5.74) is 3.69. The maximum Gasteiger partial charge on any atom is 0.195 e. The third-order valence-electron chi connectivity index (χ3n) is 4.03. The maximum absolute atomic E-state index is 11.3. The lowest BCUT2D eigenvalue weighted by atomic mass is 10.2. The van der Waals surface area contributed by atoms with Crippen LogP contribution in [-0.4, -0.2) is 27.3 Å². The van der Waals surface area contributed by atoms with Crippen molar-refractivity contribution in [3.8, 4) is 5.75 Å². The number of ether oxygens (including phenoxy) is 1. The number of nitrogens with one attached hydrogen (secondary N) is 1. The zero-order chi connectivity index (χ0) is 18.3. The highest BCUT2D eigenvalue weighted by atomic mass is 32.1. The quantitative estimate of drug-likeness (QED) is 0.537. The number of fused-ring (bicyclic) bond motifs is 3. The topological polar surface area (TPSA) is 68.5 Å². The van der Waals surface area contributed by atoms with Crippen LogP contribution in [0.2, 0.25) is 0 Å². The van der Waals surface area contributed by atoms with Crippen LogP contribution in [0.5, 0.6) is 5.75 Å². The number of benzene rings is 1. The highest BCUT2D eigenvalue weighted by Gasteiger charge is 2.12. The van der Waals surface area contributed by atoms with E-state index in [0.29, 0.717) is 11.4 Å². The number of hydrogen-bond acceptors (Lipinski definition) is 6. The van der Waals surface area contributed by atoms with E-state index in [4.69, 9.17) is 4.74 Å². The van der Waals surface area contributed by atoms with E-state index in [1.807, 2.05) is 28.8 Å². The lowest BCUT2D eigenvalue weighted by Crippen LogP contribution is -2.01. The largest absolute Gasteiger partial charge is 0.497 e. The van der Waals surface area contributed by atoms with Gasteiger partial charge in [-0.1, -0.05) is 17.9 Å². The third-order valence-corrected chi connectivity index (χ3v) is 5.05. The van der Waals surface area contributed by atoms with Gasteiger partial charge in [0.25, 0.3) is 0 Å². The molecule has 6 nitrogen and oxygen atoms in total. The SMILES string of the molecule is C=C(Nc1ccc(C(C)=O)nc1)c1cn2c(n1)sc1cc(OC)ccc12. The molecule has 0 spiro atoms. The summed E-state index contributed by atoms with van der Waals surface area (Å²) in [6.45, 7) is 5.56. The fourth-order valence-electron chi connectivity index (χ4n) is 2.67. The Morgan fingerprint density at radius 1 is 1.27 bits per heavy atom. The first kappa shape index (κ1) is 16.3. The molecule has 130 valence electrons. The number of carbonyl (C=O) groups is 1. The Bertz CT molecular complexity index is 1140. The summed E-state index contributed by atoms with van der Waals surface area (Å²) >= 11 is 1.59. The van der Waals surface area contributed by atoms with E-state index in [1.54, 1.807) is 36.8 Å². The average Bonchev–Trinajstić information content (AvgIpc) is 3.19. The average molecular weight is 364 g/mol. The first-order valence-corrected chi connectivity index (χ1v) is 8.76. The molecule has 7 heteroatoms. The molecule has 26 heavy (non-hydrogen) atoms. The monoisotopic (exact) mass is 364 g/mol. The number of anilines is 1. The minimum atomic E-state index is -0.0618. The van der Waals surface area contributed by atoms with Gasteiger partial charge in [-0.25, -0.2) is 4.98 Å². The number of aromatic nitrogens is 3. The Morgan fingerprint density at radius 3 is 2.81 bits per heavy atom. The minimum Gasteiger partial charge on any atom is -0.497 e. The number of rotatable bonds is 5. The van der Waals surface area contributed by atoms with Crippen molar-refractivity contribution >= 4 is 43.7 Å². The molecule has 0 aliphatic rings. The van der Waals surface area contributed by atoms with Crippen LogP contribution in [0.25, 0.3) is 20.9 Å². The molecule has 4 rings (SSSR count). The maximum atomic E-state index is 11.3. The second-order valence-electron chi connectivity index (χ2n) is 5.81. The second-order valence-corrected chi connectivity index (χ2v) is 6.82. The molecule has 1 aromatic carbocycles. The van der Waals surface area contributed by atoms with E-state index >= 15 is 0 Å². The van der Waals surface area contributed by atoms with Crippen LogP contribution in [-0.2, 0) is 0 Å². The number of pyridine rings is 1. The molecule has 0 saturated heterocycles. The molecule has 4 aromatic rings. The van der Waals surface area contributed by atoms with Gasteiger partial charge in [-0.05, 0) is 30.3 Å². The van der Waals surface area contributed by atoms with Crippen molar-refractivity contribution in [1.29, 1.82) is 0 Å². The van der Waals surface area contributed by atoms with Crippen molar-refractivity contribution < 1.29 is 9.53 Å². The van der Waals surface area contributed by atoms with E-state index in [0.717, 1.165) is 32.3 Å². The van der Waals surface area contributed by atoms with E-state index in [-0.39, 0.29) is 5.78 Å². The van der Waals surface area contributed by atoms with Gasteiger partial charge in [0.15, 0.2) is 10.7 Å². The lowest BCUT2D eigenvalue weighted by Gasteiger charge is -2.07. The van der Waals surface area contributed by atoms with Gasteiger partial charge in [-0.2, -0.15) is 0 Å². The number of methoxy groups -OCH3 is 1. The molecule has 0 atom stereocenters. The number of nitrogens with zero attached hydrogens (tertiary/aromatic N) is 3. The van der Waals surface area contributed by atoms with E-state index in [1.165, 1.54) is 6.92 Å². The van der Waals surface area contributed by atoms with Crippen LogP contribution in [0.15, 0.2) is 49.3 Å². The smallest absolute Gasteiger partial charge is 0.195 e. The van der Waals surface area contributed by atoms with Crippen molar-refractivity contribution in [3.05, 3.63) is 60.7 Å². The normalized spacial score (nSPS) is 11.0. The van der Waals surface area contributed by atoms with Gasteiger partial charge in [-0.15, -0.1) is 0 Å². The number of hydrogen-bond donors (Lipinski definition) is 1. The Morgan fingerprint density at radius 2 is 2.12 bits per heavy atom. The molecule has 3 aromatic heterocycles. The molecule has 0 unspecified atom stereocenters. The zero-order valence-electron chi connectivity index (χ0n) is 14.3. The molecule has 0 aliphatic heterocycles. The first-order chi connectivity index (χ1) is 12.5. The number of thiazole rings is 1. The molecule has 0 fully saturated rings. The molecule has 3 heterocycles. The van der Waals surface area contributed by atoms with E-state index in [2.05, 4.69) is 21.9 Å². The molecular formula is C19H16N4O2S. The second kappa shape index (κ2) is 6.27. The summed E-state index contributed by atoms with van der Waals surface area (Å²) in [5, 5.41) is 3.18. The molecule has 0 radical (unpaired) electrons. The summed E-state index contributed by atoms with van der Waals surface area (Å²) in [4.78, 5) is 21.0. The predicted molar refractivity (Wildman–Crippen MR) is 104 cm³/mol. The molecule has 0 bridgehead atoms. The fourth-order valence-corrected chi connectivity index (χ4v) is 3.70. The Hall–Kier alpha value is -3.19. The van der Waals surface area contributed by atoms with Crippen molar-refractivity contribution in [2.45, 2.75) is 6.92 Å². The summed E-state index contributed by atoms with van der Waals surface area (Å²) < 4.78 is 8.42. The first-order valence-electron chi connectivity index (χ1n) is 7.94. The van der Waals surface area contributed by atoms with Gasteiger partial charge in [0.2, 0.25) is 0 Å². The van der Waals surface area contributed by atoms with Crippen LogP contribution in [0.1, 0.15) is 23.1 Å². The van der Waals surface area contributed by atoms with Crippen LogP contribution < -0.4 is 10.1 Å². The van der Waals surface area contributed by atoms with Crippen LogP contribution >= 0.6 is 11.3 Å². The van der Waals surface area contributed by atoms with Crippen LogP contribution in [0, 0.1) is 0 Å². The summed E-state index contributed by atoms with van der Waals surface area (Å²) in [6, 6.07) is 9.44. The molecule has 1 N–H and O–H groups in total. The number of carbonyl (C=O) groups excluding carboxylic acids is 1.